The van der Waals surface area contributed by atoms with Crippen LogP contribution >= 0.6 is 0 Å². The number of aromatic amines is 1. The second-order valence-corrected chi connectivity index (χ2v) is 4.47. The molecule has 0 unspecified atom stereocenters. The van der Waals surface area contributed by atoms with Crippen molar-refractivity contribution in [3.05, 3.63) is 65.6 Å². The van der Waals surface area contributed by atoms with Gasteiger partial charge < -0.3 is 4.98 Å². The number of para-hydroxylation sites is 1. The van der Waals surface area contributed by atoms with Gasteiger partial charge in [0.2, 0.25) is 0 Å². The highest BCUT2D eigenvalue weighted by atomic mass is 16.1. The number of ketones is 1. The highest BCUT2D eigenvalue weighted by Gasteiger charge is 2.15. The number of pyridine rings is 1. The summed E-state index contributed by atoms with van der Waals surface area (Å²) in [5, 5.41) is 0.980. The van der Waals surface area contributed by atoms with Gasteiger partial charge in [0.05, 0.1) is 0 Å². The maximum absolute atomic E-state index is 12.5. The summed E-state index contributed by atoms with van der Waals surface area (Å²) in [7, 11) is 0. The van der Waals surface area contributed by atoms with E-state index in [1.807, 2.05) is 12.1 Å². The van der Waals surface area contributed by atoms with Gasteiger partial charge in [-0.2, -0.15) is 0 Å². The van der Waals surface area contributed by atoms with Crippen LogP contribution in [0.1, 0.15) is 28.4 Å². The molecule has 0 saturated heterocycles. The van der Waals surface area contributed by atoms with Crippen LogP contribution in [-0.4, -0.2) is 15.8 Å². The van der Waals surface area contributed by atoms with Crippen LogP contribution in [0.4, 0.5) is 0 Å². The van der Waals surface area contributed by atoms with E-state index in [1.54, 1.807) is 30.7 Å². The van der Waals surface area contributed by atoms with E-state index in [4.69, 9.17) is 0 Å². The first kappa shape index (κ1) is 11.7. The summed E-state index contributed by atoms with van der Waals surface area (Å²) in [5.74, 6) is 0.00704. The van der Waals surface area contributed by atoms with Crippen molar-refractivity contribution in [1.29, 1.82) is 0 Å². The largest absolute Gasteiger partial charge is 0.360 e. The number of nitrogens with one attached hydrogen (secondary N) is 1. The number of carbonyl (C=O) groups excluding carboxylic acids is 1. The lowest BCUT2D eigenvalue weighted by molar-refractivity contribution is 0.104. The molecule has 3 aromatic rings. The number of rotatable bonds is 3. The lowest BCUT2D eigenvalue weighted by atomic mass is 10.0. The molecule has 0 aliphatic carbocycles. The molecule has 0 radical (unpaired) electrons. The van der Waals surface area contributed by atoms with Crippen molar-refractivity contribution < 1.29 is 4.79 Å². The molecule has 94 valence electrons. The number of nitrogens with zero attached hydrogens (tertiary/aromatic N) is 1. The third-order valence-corrected chi connectivity index (χ3v) is 3.35. The SMILES string of the molecule is CCc1cccc2c(C(=O)c3cccnc3)c[nH]c12. The van der Waals surface area contributed by atoms with Gasteiger partial charge in [-0.3, -0.25) is 9.78 Å². The van der Waals surface area contributed by atoms with Crippen molar-refractivity contribution in [2.75, 3.05) is 0 Å². The minimum absolute atomic E-state index is 0.00704. The van der Waals surface area contributed by atoms with Gasteiger partial charge in [-0.05, 0) is 24.1 Å². The molecule has 3 nitrogen and oxygen atoms in total. The fraction of sp³-hybridized carbons (Fsp3) is 0.125. The first-order chi connectivity index (χ1) is 9.31. The van der Waals surface area contributed by atoms with Crippen molar-refractivity contribution >= 4 is 16.7 Å². The average molecular weight is 250 g/mol. The maximum atomic E-state index is 12.5. The normalized spacial score (nSPS) is 10.8. The molecule has 2 aromatic heterocycles. The third kappa shape index (κ3) is 1.93. The highest BCUT2D eigenvalue weighted by Crippen LogP contribution is 2.24. The van der Waals surface area contributed by atoms with Crippen LogP contribution in [0.3, 0.4) is 0 Å². The lowest BCUT2D eigenvalue weighted by Gasteiger charge is -2.01. The second kappa shape index (κ2) is 4.69. The Morgan fingerprint density at radius 2 is 2.16 bits per heavy atom. The van der Waals surface area contributed by atoms with Gasteiger partial charge in [0.25, 0.3) is 0 Å². The van der Waals surface area contributed by atoms with Gasteiger partial charge in [-0.15, -0.1) is 0 Å². The van der Waals surface area contributed by atoms with Crippen molar-refractivity contribution in [3.63, 3.8) is 0 Å². The van der Waals surface area contributed by atoms with E-state index in [2.05, 4.69) is 23.0 Å². The van der Waals surface area contributed by atoms with Gasteiger partial charge in [0.1, 0.15) is 0 Å². The molecule has 0 aliphatic rings. The predicted octanol–water partition coefficient (Wildman–Crippen LogP) is 3.36. The van der Waals surface area contributed by atoms with Crippen LogP contribution in [0.25, 0.3) is 10.9 Å². The van der Waals surface area contributed by atoms with E-state index in [1.165, 1.54) is 5.56 Å². The summed E-state index contributed by atoms with van der Waals surface area (Å²) in [6, 6.07) is 9.62. The third-order valence-electron chi connectivity index (χ3n) is 3.35. The Bertz CT molecular complexity index is 729. The summed E-state index contributed by atoms with van der Waals surface area (Å²) in [6.07, 6.45) is 6.00. The number of aromatic nitrogens is 2. The van der Waals surface area contributed by atoms with Crippen molar-refractivity contribution in [1.82, 2.24) is 9.97 Å². The molecule has 0 saturated carbocycles. The molecule has 0 amide bonds. The fourth-order valence-electron chi connectivity index (χ4n) is 2.35. The van der Waals surface area contributed by atoms with Gasteiger partial charge in [-0.1, -0.05) is 25.1 Å². The van der Waals surface area contributed by atoms with E-state index < -0.39 is 0 Å². The Balaban J connectivity index is 2.14. The van der Waals surface area contributed by atoms with Crippen LogP contribution in [-0.2, 0) is 6.42 Å². The molecule has 1 aromatic carbocycles. The number of fused-ring (bicyclic) bond motifs is 1. The van der Waals surface area contributed by atoms with Crippen LogP contribution in [0.5, 0.6) is 0 Å². The van der Waals surface area contributed by atoms with E-state index >= 15 is 0 Å². The standard InChI is InChI=1S/C16H14N2O/c1-2-11-5-3-7-13-14(10-18-15(11)13)16(19)12-6-4-8-17-9-12/h3-10,18H,2H2,1H3. The predicted molar refractivity (Wildman–Crippen MR) is 75.3 cm³/mol. The molecule has 3 rings (SSSR count). The Morgan fingerprint density at radius 1 is 1.26 bits per heavy atom. The van der Waals surface area contributed by atoms with Crippen molar-refractivity contribution in [2.45, 2.75) is 13.3 Å². The molecule has 0 spiro atoms. The topological polar surface area (TPSA) is 45.8 Å². The summed E-state index contributed by atoms with van der Waals surface area (Å²) in [5.41, 5.74) is 3.60. The van der Waals surface area contributed by atoms with Crippen molar-refractivity contribution in [2.24, 2.45) is 0 Å². The highest BCUT2D eigenvalue weighted by molar-refractivity contribution is 6.16. The van der Waals surface area contributed by atoms with Gasteiger partial charge in [0, 0.05) is 40.6 Å². The number of hydrogen-bond donors (Lipinski definition) is 1. The molecule has 0 atom stereocenters. The number of hydrogen-bond acceptors (Lipinski definition) is 2. The molecule has 0 fully saturated rings. The average Bonchev–Trinajstić information content (AvgIpc) is 2.91. The molecule has 19 heavy (non-hydrogen) atoms. The first-order valence-corrected chi connectivity index (χ1v) is 6.35. The van der Waals surface area contributed by atoms with Crippen LogP contribution in [0.15, 0.2) is 48.9 Å². The van der Waals surface area contributed by atoms with Crippen LogP contribution < -0.4 is 0 Å². The Hall–Kier alpha value is -2.42. The van der Waals surface area contributed by atoms with E-state index in [9.17, 15) is 4.79 Å². The molecular formula is C16H14N2O. The van der Waals surface area contributed by atoms with E-state index in [0.29, 0.717) is 11.1 Å². The van der Waals surface area contributed by atoms with Crippen LogP contribution in [0.2, 0.25) is 0 Å². The monoisotopic (exact) mass is 250 g/mol. The zero-order valence-corrected chi connectivity index (χ0v) is 10.7. The zero-order chi connectivity index (χ0) is 13.2. The number of H-pyrrole nitrogens is 1. The van der Waals surface area contributed by atoms with Gasteiger partial charge in [-0.25, -0.2) is 0 Å². The Morgan fingerprint density at radius 3 is 2.89 bits per heavy atom. The first-order valence-electron chi connectivity index (χ1n) is 6.35. The molecule has 0 bridgehead atoms. The summed E-state index contributed by atoms with van der Waals surface area (Å²) in [4.78, 5) is 19.7. The maximum Gasteiger partial charge on any atom is 0.196 e. The van der Waals surface area contributed by atoms with Crippen molar-refractivity contribution in [3.8, 4) is 0 Å². The smallest absolute Gasteiger partial charge is 0.196 e. The molecule has 3 heteroatoms. The summed E-state index contributed by atoms with van der Waals surface area (Å²) in [6.45, 7) is 2.11. The Labute approximate surface area is 111 Å². The van der Waals surface area contributed by atoms with Gasteiger partial charge >= 0.3 is 0 Å². The molecule has 2 heterocycles. The number of aryl methyl sites for hydroxylation is 1. The Kier molecular flexibility index (Phi) is 2.88. The summed E-state index contributed by atoms with van der Waals surface area (Å²) < 4.78 is 0. The van der Waals surface area contributed by atoms with Gasteiger partial charge in [0.15, 0.2) is 5.78 Å². The van der Waals surface area contributed by atoms with E-state index in [-0.39, 0.29) is 5.78 Å². The quantitative estimate of drug-likeness (QED) is 0.724. The van der Waals surface area contributed by atoms with Crippen LogP contribution in [0, 0.1) is 0 Å². The minimum Gasteiger partial charge on any atom is -0.360 e. The second-order valence-electron chi connectivity index (χ2n) is 4.47. The molecule has 0 aliphatic heterocycles. The summed E-state index contributed by atoms with van der Waals surface area (Å²) >= 11 is 0. The minimum atomic E-state index is 0.00704. The molecule has 1 N–H and O–H groups in total. The fourth-order valence-corrected chi connectivity index (χ4v) is 2.35. The number of carbonyl (C=O) groups is 1. The number of benzene rings is 1. The lowest BCUT2D eigenvalue weighted by Crippen LogP contribution is -2.00. The molecular weight excluding hydrogens is 236 g/mol. The van der Waals surface area contributed by atoms with E-state index in [0.717, 1.165) is 17.3 Å². The zero-order valence-electron chi connectivity index (χ0n) is 10.7.